The molecule has 2 heterocycles. The van der Waals surface area contributed by atoms with Crippen molar-refractivity contribution < 1.29 is 9.21 Å². The number of benzene rings is 1. The number of amides is 1. The summed E-state index contributed by atoms with van der Waals surface area (Å²) in [5.41, 5.74) is 4.17. The highest BCUT2D eigenvalue weighted by molar-refractivity contribution is 6.04. The second-order valence-electron chi connectivity index (χ2n) is 4.70. The van der Waals surface area contributed by atoms with Crippen LogP contribution in [0, 0.1) is 6.92 Å². The van der Waals surface area contributed by atoms with E-state index < -0.39 is 0 Å². The van der Waals surface area contributed by atoms with Crippen molar-refractivity contribution in [3.63, 3.8) is 0 Å². The van der Waals surface area contributed by atoms with Gasteiger partial charge in [0.15, 0.2) is 11.5 Å². The van der Waals surface area contributed by atoms with Crippen molar-refractivity contribution in [2.45, 2.75) is 13.8 Å². The third-order valence-electron chi connectivity index (χ3n) is 3.30. The topological polar surface area (TPSA) is 67.2 Å². The molecule has 1 amide bonds. The zero-order valence-corrected chi connectivity index (χ0v) is 10.9. The van der Waals surface area contributed by atoms with Crippen LogP contribution in [0.15, 0.2) is 33.8 Å². The molecular weight excluding hydrogens is 242 g/mol. The predicted molar refractivity (Wildman–Crippen MR) is 72.9 cm³/mol. The van der Waals surface area contributed by atoms with Crippen molar-refractivity contribution in [3.8, 4) is 0 Å². The van der Waals surface area contributed by atoms with E-state index in [1.165, 1.54) is 0 Å². The van der Waals surface area contributed by atoms with Crippen molar-refractivity contribution in [2.24, 2.45) is 0 Å². The zero-order chi connectivity index (χ0) is 13.4. The summed E-state index contributed by atoms with van der Waals surface area (Å²) in [6.07, 6.45) is 0. The largest absolute Gasteiger partial charge is 0.441 e. The summed E-state index contributed by atoms with van der Waals surface area (Å²) in [6, 6.07) is 5.46. The molecule has 1 aromatic carbocycles. The van der Waals surface area contributed by atoms with E-state index >= 15 is 0 Å². The van der Waals surface area contributed by atoms with Crippen LogP contribution in [0.5, 0.6) is 0 Å². The van der Waals surface area contributed by atoms with Gasteiger partial charge in [0.2, 0.25) is 0 Å². The van der Waals surface area contributed by atoms with Crippen LogP contribution in [0.4, 0.5) is 5.69 Å². The van der Waals surface area contributed by atoms with Crippen molar-refractivity contribution >= 4 is 22.7 Å². The zero-order valence-electron chi connectivity index (χ0n) is 10.9. The molecule has 0 saturated carbocycles. The molecule has 2 N–H and O–H groups in total. The highest BCUT2D eigenvalue weighted by atomic mass is 16.3. The smallest absolute Gasteiger partial charge is 0.251 e. The molecule has 1 aliphatic heterocycles. The van der Waals surface area contributed by atoms with Gasteiger partial charge in [-0.1, -0.05) is 0 Å². The number of nitrogens with one attached hydrogen (secondary N) is 2. The standard InChI is InChI=1S/C14H15N3O2/c1-8(10-6-15-7-10)14(18)17-11-3-4-13-12(5-11)16-9(2)19-13/h3-5,15H,6-7H2,1-2H3,(H,17,18). The Morgan fingerprint density at radius 2 is 2.21 bits per heavy atom. The van der Waals surface area contributed by atoms with Crippen LogP contribution < -0.4 is 10.6 Å². The number of rotatable bonds is 2. The Morgan fingerprint density at radius 1 is 1.42 bits per heavy atom. The molecule has 1 saturated heterocycles. The number of aromatic nitrogens is 1. The Balaban J connectivity index is 1.82. The van der Waals surface area contributed by atoms with Crippen LogP contribution in [0.2, 0.25) is 0 Å². The van der Waals surface area contributed by atoms with E-state index in [0.717, 1.165) is 41.0 Å². The lowest BCUT2D eigenvalue weighted by atomic mass is 10.0. The summed E-state index contributed by atoms with van der Waals surface area (Å²) in [7, 11) is 0. The van der Waals surface area contributed by atoms with E-state index in [4.69, 9.17) is 4.42 Å². The Bertz CT molecular complexity index is 679. The molecule has 5 nitrogen and oxygen atoms in total. The molecule has 0 aliphatic carbocycles. The Morgan fingerprint density at radius 3 is 2.89 bits per heavy atom. The Hall–Kier alpha value is -2.14. The maximum absolute atomic E-state index is 12.0. The highest BCUT2D eigenvalue weighted by Crippen LogP contribution is 2.20. The maximum Gasteiger partial charge on any atom is 0.251 e. The maximum atomic E-state index is 12.0. The average molecular weight is 257 g/mol. The van der Waals surface area contributed by atoms with Crippen LogP contribution in [-0.4, -0.2) is 24.0 Å². The fourth-order valence-corrected chi connectivity index (χ4v) is 2.02. The number of anilines is 1. The highest BCUT2D eigenvalue weighted by Gasteiger charge is 2.16. The van der Waals surface area contributed by atoms with Gasteiger partial charge in [0.25, 0.3) is 5.91 Å². The van der Waals surface area contributed by atoms with Gasteiger partial charge in [-0.3, -0.25) is 4.79 Å². The van der Waals surface area contributed by atoms with Gasteiger partial charge < -0.3 is 15.1 Å². The van der Waals surface area contributed by atoms with Gasteiger partial charge in [-0.2, -0.15) is 0 Å². The molecule has 19 heavy (non-hydrogen) atoms. The monoisotopic (exact) mass is 257 g/mol. The Labute approximate surface area is 110 Å². The van der Waals surface area contributed by atoms with Crippen LogP contribution in [0.25, 0.3) is 11.1 Å². The molecule has 0 unspecified atom stereocenters. The van der Waals surface area contributed by atoms with E-state index in [1.807, 2.05) is 25.1 Å². The first-order valence-electron chi connectivity index (χ1n) is 6.21. The fourth-order valence-electron chi connectivity index (χ4n) is 2.02. The number of carbonyl (C=O) groups excluding carboxylic acids is 1. The molecular formula is C14H15N3O2. The van der Waals surface area contributed by atoms with Gasteiger partial charge in [-0.05, 0) is 30.7 Å². The summed E-state index contributed by atoms with van der Waals surface area (Å²) in [5.74, 6) is 0.563. The minimum atomic E-state index is -0.0592. The van der Waals surface area contributed by atoms with E-state index in [0.29, 0.717) is 5.89 Å². The molecule has 1 aliphatic rings. The number of fused-ring (bicyclic) bond motifs is 1. The molecule has 1 aromatic heterocycles. The molecule has 3 rings (SSSR count). The molecule has 0 bridgehead atoms. The molecule has 0 radical (unpaired) electrons. The van der Waals surface area contributed by atoms with E-state index in [1.54, 1.807) is 6.92 Å². The van der Waals surface area contributed by atoms with Gasteiger partial charge in [-0.15, -0.1) is 0 Å². The molecule has 5 heteroatoms. The molecule has 2 aromatic rings. The van der Waals surface area contributed by atoms with Gasteiger partial charge in [0.1, 0.15) is 5.52 Å². The number of nitrogens with zero attached hydrogens (tertiary/aromatic N) is 1. The molecule has 98 valence electrons. The summed E-state index contributed by atoms with van der Waals surface area (Å²) in [4.78, 5) is 16.3. The van der Waals surface area contributed by atoms with Crippen molar-refractivity contribution in [3.05, 3.63) is 35.2 Å². The second kappa shape index (κ2) is 4.51. The van der Waals surface area contributed by atoms with Crippen molar-refractivity contribution in [1.82, 2.24) is 10.3 Å². The molecule has 0 atom stereocenters. The normalized spacial score (nSPS) is 14.3. The average Bonchev–Trinajstić information content (AvgIpc) is 2.66. The quantitative estimate of drug-likeness (QED) is 0.807. The predicted octanol–water partition coefficient (Wildman–Crippen LogP) is 1.99. The van der Waals surface area contributed by atoms with E-state index in [9.17, 15) is 4.79 Å². The minimum Gasteiger partial charge on any atom is -0.441 e. The third-order valence-corrected chi connectivity index (χ3v) is 3.30. The first-order valence-corrected chi connectivity index (χ1v) is 6.21. The van der Waals surface area contributed by atoms with Crippen LogP contribution >= 0.6 is 0 Å². The first-order chi connectivity index (χ1) is 9.13. The van der Waals surface area contributed by atoms with Crippen molar-refractivity contribution in [1.29, 1.82) is 0 Å². The second-order valence-corrected chi connectivity index (χ2v) is 4.70. The van der Waals surface area contributed by atoms with E-state index in [-0.39, 0.29) is 5.91 Å². The van der Waals surface area contributed by atoms with Crippen LogP contribution in [0.1, 0.15) is 12.8 Å². The number of carbonyl (C=O) groups is 1. The summed E-state index contributed by atoms with van der Waals surface area (Å²) < 4.78 is 5.40. The van der Waals surface area contributed by atoms with Gasteiger partial charge in [-0.25, -0.2) is 4.98 Å². The van der Waals surface area contributed by atoms with Crippen LogP contribution in [0.3, 0.4) is 0 Å². The summed E-state index contributed by atoms with van der Waals surface area (Å²) in [6.45, 7) is 5.27. The first kappa shape index (κ1) is 11.9. The molecule has 1 fully saturated rings. The SMILES string of the molecule is CC(C(=O)Nc1ccc2oc(C)nc2c1)=C1CNC1. The van der Waals surface area contributed by atoms with E-state index in [2.05, 4.69) is 15.6 Å². The third kappa shape index (κ3) is 2.24. The Kier molecular flexibility index (Phi) is 2.83. The lowest BCUT2D eigenvalue weighted by Crippen LogP contribution is -2.36. The number of aryl methyl sites for hydroxylation is 1. The lowest BCUT2D eigenvalue weighted by molar-refractivity contribution is -0.112. The van der Waals surface area contributed by atoms with Crippen molar-refractivity contribution in [2.75, 3.05) is 18.4 Å². The van der Waals surface area contributed by atoms with Gasteiger partial charge in [0.05, 0.1) is 0 Å². The van der Waals surface area contributed by atoms with Crippen LogP contribution in [-0.2, 0) is 4.79 Å². The lowest BCUT2D eigenvalue weighted by Gasteiger charge is -2.21. The number of hydrogen-bond donors (Lipinski definition) is 2. The fraction of sp³-hybridized carbons (Fsp3) is 0.286. The number of oxazole rings is 1. The number of hydrogen-bond acceptors (Lipinski definition) is 4. The van der Waals surface area contributed by atoms with Gasteiger partial charge >= 0.3 is 0 Å². The van der Waals surface area contributed by atoms with Gasteiger partial charge in [0, 0.05) is 31.3 Å². The summed E-state index contributed by atoms with van der Waals surface area (Å²) >= 11 is 0. The minimum absolute atomic E-state index is 0.0592. The summed E-state index contributed by atoms with van der Waals surface area (Å²) in [5, 5.41) is 6.01. The molecule has 0 spiro atoms.